The van der Waals surface area contributed by atoms with Gasteiger partial charge in [-0.2, -0.15) is 18.4 Å². The average molecular weight is 580 g/mol. The van der Waals surface area contributed by atoms with E-state index in [2.05, 4.69) is 5.32 Å². The molecule has 3 N–H and O–H groups in total. The van der Waals surface area contributed by atoms with Gasteiger partial charge >= 0.3 is 6.18 Å². The van der Waals surface area contributed by atoms with E-state index in [1.807, 2.05) is 0 Å². The predicted octanol–water partition coefficient (Wildman–Crippen LogP) is 5.10. The van der Waals surface area contributed by atoms with Crippen molar-refractivity contribution in [3.8, 4) is 6.07 Å². The highest BCUT2D eigenvalue weighted by Crippen LogP contribution is 2.38. The van der Waals surface area contributed by atoms with Gasteiger partial charge in [0.1, 0.15) is 11.8 Å². The number of unbranched alkanes of at least 4 members (excludes halogenated alkanes) is 1. The highest BCUT2D eigenvalue weighted by Gasteiger charge is 2.40. The van der Waals surface area contributed by atoms with Crippen molar-refractivity contribution in [2.75, 3.05) is 29.9 Å². The third-order valence-corrected chi connectivity index (χ3v) is 6.70. The minimum absolute atomic E-state index is 0.0374. The lowest BCUT2D eigenvalue weighted by Gasteiger charge is -2.40. The standard InChI is InChI=1S/C28H33F4N5O2S/c1-27(2,18-38)37(21-12-9-19(10-13-21)7-6-8-23(39)35-16-5-4-15-33)26(40)36(3)22-14-11-20(17-34)24(25(22)29)28(30,31)32/h9-14,18H,4-8,15-16,33H2,1-3H3,(H,35,39). The Hall–Kier alpha value is -3.56. The van der Waals surface area contributed by atoms with Gasteiger partial charge in [0.15, 0.2) is 10.9 Å². The number of benzene rings is 2. The van der Waals surface area contributed by atoms with Crippen molar-refractivity contribution in [2.24, 2.45) is 5.73 Å². The van der Waals surface area contributed by atoms with Crippen LogP contribution < -0.4 is 20.9 Å². The summed E-state index contributed by atoms with van der Waals surface area (Å²) in [5.41, 5.74) is 2.55. The second kappa shape index (κ2) is 14.2. The summed E-state index contributed by atoms with van der Waals surface area (Å²) in [5, 5.41) is 11.8. The lowest BCUT2D eigenvalue weighted by Crippen LogP contribution is -2.54. The van der Waals surface area contributed by atoms with Crippen LogP contribution in [-0.4, -0.2) is 43.0 Å². The van der Waals surface area contributed by atoms with Gasteiger partial charge in [0.25, 0.3) is 0 Å². The molecular weight excluding hydrogens is 546 g/mol. The van der Waals surface area contributed by atoms with Gasteiger partial charge in [0.2, 0.25) is 5.91 Å². The first kappa shape index (κ1) is 32.7. The average Bonchev–Trinajstić information content (AvgIpc) is 2.90. The molecule has 0 atom stereocenters. The molecule has 0 fully saturated rings. The molecule has 12 heteroatoms. The monoisotopic (exact) mass is 579 g/mol. The number of aldehydes is 1. The van der Waals surface area contributed by atoms with Crippen molar-refractivity contribution in [3.05, 3.63) is 58.9 Å². The fourth-order valence-electron chi connectivity index (χ4n) is 4.04. The number of carbonyl (C=O) groups excluding carboxylic acids is 2. The number of nitriles is 1. The van der Waals surface area contributed by atoms with Crippen molar-refractivity contribution in [1.82, 2.24) is 5.32 Å². The first-order valence-corrected chi connectivity index (χ1v) is 13.1. The molecule has 2 rings (SSSR count). The lowest BCUT2D eigenvalue weighted by molar-refractivity contribution is -0.140. The van der Waals surface area contributed by atoms with Gasteiger partial charge in [-0.1, -0.05) is 12.1 Å². The zero-order valence-electron chi connectivity index (χ0n) is 22.6. The summed E-state index contributed by atoms with van der Waals surface area (Å²) < 4.78 is 55.7. The number of carbonyl (C=O) groups is 2. The number of anilines is 2. The molecule has 0 saturated heterocycles. The Labute approximate surface area is 236 Å². The van der Waals surface area contributed by atoms with E-state index >= 15 is 4.39 Å². The zero-order valence-corrected chi connectivity index (χ0v) is 23.5. The molecule has 0 unspecified atom stereocenters. The van der Waals surface area contributed by atoms with E-state index in [9.17, 15) is 22.8 Å². The van der Waals surface area contributed by atoms with E-state index in [-0.39, 0.29) is 11.0 Å². The number of amides is 1. The van der Waals surface area contributed by atoms with E-state index in [0.717, 1.165) is 35.4 Å². The van der Waals surface area contributed by atoms with Crippen molar-refractivity contribution in [3.63, 3.8) is 0 Å². The third-order valence-electron chi connectivity index (χ3n) is 6.25. The van der Waals surface area contributed by atoms with Crippen LogP contribution >= 0.6 is 12.2 Å². The molecule has 0 saturated carbocycles. The number of halogens is 4. The normalized spacial score (nSPS) is 11.5. The van der Waals surface area contributed by atoms with Gasteiger partial charge in [-0.3, -0.25) is 4.79 Å². The van der Waals surface area contributed by atoms with Gasteiger partial charge in [-0.25, -0.2) is 4.39 Å². The second-order valence-electron chi connectivity index (χ2n) is 9.75. The van der Waals surface area contributed by atoms with Crippen LogP contribution in [0, 0.1) is 17.1 Å². The van der Waals surface area contributed by atoms with Crippen LogP contribution in [0.15, 0.2) is 36.4 Å². The molecule has 0 aliphatic rings. The van der Waals surface area contributed by atoms with Crippen LogP contribution in [-0.2, 0) is 22.2 Å². The Morgan fingerprint density at radius 3 is 2.33 bits per heavy atom. The van der Waals surface area contributed by atoms with Crippen molar-refractivity contribution < 1.29 is 27.2 Å². The van der Waals surface area contributed by atoms with Crippen LogP contribution in [0.2, 0.25) is 0 Å². The molecule has 0 radical (unpaired) electrons. The number of nitrogens with two attached hydrogens (primary N) is 1. The van der Waals surface area contributed by atoms with E-state index in [1.165, 1.54) is 18.0 Å². The molecule has 0 aromatic heterocycles. The molecule has 0 spiro atoms. The van der Waals surface area contributed by atoms with Crippen molar-refractivity contribution in [2.45, 2.75) is 57.7 Å². The van der Waals surface area contributed by atoms with Gasteiger partial charge < -0.3 is 25.6 Å². The number of rotatable bonds is 12. The topological polar surface area (TPSA) is 102 Å². The molecule has 0 heterocycles. The van der Waals surface area contributed by atoms with E-state index in [4.69, 9.17) is 23.2 Å². The quantitative estimate of drug-likeness (QED) is 0.156. The molecule has 1 amide bonds. The summed E-state index contributed by atoms with van der Waals surface area (Å²) in [6.07, 6.45) is -1.20. The summed E-state index contributed by atoms with van der Waals surface area (Å²) in [5.74, 6) is -1.68. The fourth-order valence-corrected chi connectivity index (χ4v) is 4.48. The molecule has 216 valence electrons. The van der Waals surface area contributed by atoms with Crippen LogP contribution in [0.3, 0.4) is 0 Å². The molecule has 7 nitrogen and oxygen atoms in total. The highest BCUT2D eigenvalue weighted by atomic mass is 32.1. The fraction of sp³-hybridized carbons (Fsp3) is 0.429. The molecule has 0 aliphatic heterocycles. The van der Waals surface area contributed by atoms with Crippen LogP contribution in [0.1, 0.15) is 56.2 Å². The number of nitrogens with one attached hydrogen (secondary N) is 1. The second-order valence-corrected chi connectivity index (χ2v) is 10.1. The third kappa shape index (κ3) is 8.22. The number of hydrogen-bond acceptors (Lipinski definition) is 5. The number of nitrogens with zero attached hydrogens (tertiary/aromatic N) is 3. The van der Waals surface area contributed by atoms with Gasteiger partial charge in [-0.15, -0.1) is 0 Å². The van der Waals surface area contributed by atoms with Crippen molar-refractivity contribution >= 4 is 40.9 Å². The number of alkyl halides is 3. The Balaban J connectivity index is 2.26. The maximum atomic E-state index is 15.1. The molecule has 2 aromatic rings. The number of thiocarbonyl (C=S) groups is 1. The van der Waals surface area contributed by atoms with Gasteiger partial charge in [0.05, 0.1) is 22.9 Å². The molecular formula is C28H33F4N5O2S. The number of hydrogen-bond donors (Lipinski definition) is 2. The first-order valence-electron chi connectivity index (χ1n) is 12.7. The van der Waals surface area contributed by atoms with Crippen LogP contribution in [0.25, 0.3) is 0 Å². The Morgan fingerprint density at radius 2 is 1.77 bits per heavy atom. The van der Waals surface area contributed by atoms with Crippen LogP contribution in [0.5, 0.6) is 0 Å². The lowest BCUT2D eigenvalue weighted by atomic mass is 10.0. The summed E-state index contributed by atoms with van der Waals surface area (Å²) in [6.45, 7) is 4.30. The Bertz CT molecular complexity index is 1240. The maximum absolute atomic E-state index is 15.1. The largest absolute Gasteiger partial charge is 0.420 e. The smallest absolute Gasteiger partial charge is 0.356 e. The van der Waals surface area contributed by atoms with E-state index < -0.39 is 34.3 Å². The SMILES string of the molecule is CN(C(=S)N(c1ccc(CCCC(=O)NCCCCN)cc1)C(C)(C)C=O)c1ccc(C#N)c(C(F)(F)F)c1F. The maximum Gasteiger partial charge on any atom is 0.420 e. The first-order chi connectivity index (χ1) is 18.8. The minimum Gasteiger partial charge on any atom is -0.356 e. The summed E-state index contributed by atoms with van der Waals surface area (Å²) in [7, 11) is 1.29. The van der Waals surface area contributed by atoms with Gasteiger partial charge in [-0.05, 0) is 88.1 Å². The molecule has 40 heavy (non-hydrogen) atoms. The molecule has 2 aromatic carbocycles. The zero-order chi connectivity index (χ0) is 30.1. The van der Waals surface area contributed by atoms with E-state index in [1.54, 1.807) is 38.1 Å². The summed E-state index contributed by atoms with van der Waals surface area (Å²) in [4.78, 5) is 26.4. The highest BCUT2D eigenvalue weighted by molar-refractivity contribution is 7.80. The van der Waals surface area contributed by atoms with Gasteiger partial charge in [0, 0.05) is 25.7 Å². The summed E-state index contributed by atoms with van der Waals surface area (Å²) >= 11 is 5.55. The van der Waals surface area contributed by atoms with E-state index in [0.29, 0.717) is 44.3 Å². The van der Waals surface area contributed by atoms with Crippen LogP contribution in [0.4, 0.5) is 28.9 Å². The summed E-state index contributed by atoms with van der Waals surface area (Å²) in [6, 6.07) is 10.3. The van der Waals surface area contributed by atoms with Crippen molar-refractivity contribution in [1.29, 1.82) is 5.26 Å². The molecule has 0 aliphatic carbocycles. The minimum atomic E-state index is -5.10. The Kier molecular flexibility index (Phi) is 11.6. The Morgan fingerprint density at radius 1 is 1.12 bits per heavy atom. The predicted molar refractivity (Wildman–Crippen MR) is 150 cm³/mol. The number of aryl methyl sites for hydroxylation is 1. The molecule has 0 bridgehead atoms.